The van der Waals surface area contributed by atoms with Crippen molar-refractivity contribution >= 4 is 17.4 Å². The number of benzene rings is 2. The maximum atomic E-state index is 12.4. The lowest BCUT2D eigenvalue weighted by molar-refractivity contribution is -0.120. The van der Waals surface area contributed by atoms with Crippen molar-refractivity contribution < 1.29 is 19.1 Å². The Kier molecular flexibility index (Phi) is 4.86. The summed E-state index contributed by atoms with van der Waals surface area (Å²) in [5.74, 6) is 0.344. The number of hydrogen-bond donors (Lipinski definition) is 0. The highest BCUT2D eigenvalue weighted by Gasteiger charge is 2.23. The molecule has 1 amide bonds. The fraction of sp³-hybridized carbons (Fsp3) is 0.300. The van der Waals surface area contributed by atoms with E-state index in [1.54, 1.807) is 25.2 Å². The molecule has 0 N–H and O–H groups in total. The molecule has 25 heavy (non-hydrogen) atoms. The van der Waals surface area contributed by atoms with Gasteiger partial charge in [-0.15, -0.1) is 0 Å². The predicted molar refractivity (Wildman–Crippen MR) is 95.2 cm³/mol. The molecule has 1 aliphatic rings. The number of nitrogens with zero attached hydrogens (tertiary/aromatic N) is 1. The Morgan fingerprint density at radius 3 is 2.76 bits per heavy atom. The molecular weight excluding hydrogens is 318 g/mol. The van der Waals surface area contributed by atoms with Crippen LogP contribution in [0.3, 0.4) is 0 Å². The number of anilines is 1. The zero-order chi connectivity index (χ0) is 18.0. The first-order valence-corrected chi connectivity index (χ1v) is 8.16. The molecular formula is C20H21NO4. The number of likely N-dealkylation sites (N-methyl/N-ethyl adjacent to an activating group) is 1. The third-order valence-electron chi connectivity index (χ3n) is 4.36. The van der Waals surface area contributed by atoms with Crippen molar-refractivity contribution in [2.24, 2.45) is 0 Å². The molecule has 0 aliphatic carbocycles. The molecule has 0 fully saturated rings. The van der Waals surface area contributed by atoms with Gasteiger partial charge in [0.25, 0.3) is 5.91 Å². The molecule has 5 heteroatoms. The van der Waals surface area contributed by atoms with Crippen LogP contribution in [-0.2, 0) is 16.1 Å². The van der Waals surface area contributed by atoms with Crippen LogP contribution in [0, 0.1) is 13.8 Å². The zero-order valence-corrected chi connectivity index (χ0v) is 14.7. The summed E-state index contributed by atoms with van der Waals surface area (Å²) < 4.78 is 11.0. The first-order chi connectivity index (χ1) is 12.0. The molecule has 0 spiro atoms. The van der Waals surface area contributed by atoms with Crippen LogP contribution in [0.4, 0.5) is 5.69 Å². The third-order valence-corrected chi connectivity index (χ3v) is 4.36. The lowest BCUT2D eigenvalue weighted by atomic mass is 10.1. The van der Waals surface area contributed by atoms with E-state index in [9.17, 15) is 9.59 Å². The molecule has 130 valence electrons. The molecule has 0 aromatic heterocycles. The van der Waals surface area contributed by atoms with E-state index in [2.05, 4.69) is 6.07 Å². The van der Waals surface area contributed by atoms with Crippen LogP contribution in [0.2, 0.25) is 0 Å². The maximum absolute atomic E-state index is 12.4. The average molecular weight is 339 g/mol. The number of Topliss-reactive ketones (excluding diaryl/α,β-unsaturated/α-hetero) is 1. The summed E-state index contributed by atoms with van der Waals surface area (Å²) in [6.45, 7) is 4.48. The van der Waals surface area contributed by atoms with Gasteiger partial charge in [0.15, 0.2) is 12.4 Å². The summed E-state index contributed by atoms with van der Waals surface area (Å²) in [7, 11) is 1.68. The molecule has 0 unspecified atom stereocenters. The van der Waals surface area contributed by atoms with Gasteiger partial charge >= 0.3 is 0 Å². The van der Waals surface area contributed by atoms with Gasteiger partial charge in [-0.25, -0.2) is 0 Å². The standard InChI is InChI=1S/C20H21NO4/c1-13-4-5-16(14(2)8-13)10-24-11-18(22)15-6-7-19-17(9-15)21(3)20(23)12-25-19/h4-9H,10-12H2,1-3H3. The molecule has 0 atom stereocenters. The SMILES string of the molecule is Cc1ccc(COCC(=O)c2ccc3c(c2)N(C)C(=O)CO3)c(C)c1. The summed E-state index contributed by atoms with van der Waals surface area (Å²) >= 11 is 0. The van der Waals surface area contributed by atoms with E-state index in [0.29, 0.717) is 23.6 Å². The van der Waals surface area contributed by atoms with Crippen LogP contribution < -0.4 is 9.64 Å². The van der Waals surface area contributed by atoms with Gasteiger partial charge in [-0.05, 0) is 43.2 Å². The number of ether oxygens (including phenoxy) is 2. The summed E-state index contributed by atoms with van der Waals surface area (Å²) in [5.41, 5.74) is 4.54. The van der Waals surface area contributed by atoms with Crippen molar-refractivity contribution in [2.45, 2.75) is 20.5 Å². The molecule has 2 aromatic carbocycles. The van der Waals surface area contributed by atoms with E-state index in [4.69, 9.17) is 9.47 Å². The van der Waals surface area contributed by atoms with Gasteiger partial charge in [-0.2, -0.15) is 0 Å². The minimum Gasteiger partial charge on any atom is -0.482 e. The largest absolute Gasteiger partial charge is 0.482 e. The van der Waals surface area contributed by atoms with Crippen molar-refractivity contribution in [3.63, 3.8) is 0 Å². The second kappa shape index (κ2) is 7.07. The number of hydrogen-bond acceptors (Lipinski definition) is 4. The molecule has 0 saturated heterocycles. The first-order valence-electron chi connectivity index (χ1n) is 8.16. The van der Waals surface area contributed by atoms with Gasteiger partial charge in [-0.1, -0.05) is 23.8 Å². The molecule has 2 aromatic rings. The fourth-order valence-electron chi connectivity index (χ4n) is 2.79. The molecule has 1 aliphatic heterocycles. The topological polar surface area (TPSA) is 55.8 Å². The summed E-state index contributed by atoms with van der Waals surface area (Å²) in [4.78, 5) is 25.6. The number of rotatable bonds is 5. The number of amides is 1. The van der Waals surface area contributed by atoms with Crippen molar-refractivity contribution in [1.82, 2.24) is 0 Å². The molecule has 0 bridgehead atoms. The van der Waals surface area contributed by atoms with Crippen LogP contribution >= 0.6 is 0 Å². The Balaban J connectivity index is 1.65. The lowest BCUT2D eigenvalue weighted by Crippen LogP contribution is -2.35. The van der Waals surface area contributed by atoms with Crippen LogP contribution in [-0.4, -0.2) is 32.0 Å². The van der Waals surface area contributed by atoms with E-state index >= 15 is 0 Å². The molecule has 5 nitrogen and oxygen atoms in total. The average Bonchev–Trinajstić information content (AvgIpc) is 2.60. The van der Waals surface area contributed by atoms with E-state index < -0.39 is 0 Å². The van der Waals surface area contributed by atoms with Crippen molar-refractivity contribution in [2.75, 3.05) is 25.2 Å². The lowest BCUT2D eigenvalue weighted by Gasteiger charge is -2.26. The van der Waals surface area contributed by atoms with Gasteiger partial charge in [0, 0.05) is 12.6 Å². The van der Waals surface area contributed by atoms with Gasteiger partial charge < -0.3 is 14.4 Å². The Labute approximate surface area is 147 Å². The predicted octanol–water partition coefficient (Wildman–Crippen LogP) is 3.06. The normalized spacial score (nSPS) is 13.4. The second-order valence-electron chi connectivity index (χ2n) is 6.27. The van der Waals surface area contributed by atoms with Crippen molar-refractivity contribution in [3.8, 4) is 5.75 Å². The van der Waals surface area contributed by atoms with E-state index in [0.717, 1.165) is 11.1 Å². The van der Waals surface area contributed by atoms with Crippen molar-refractivity contribution in [3.05, 3.63) is 58.7 Å². The Bertz CT molecular complexity index is 828. The summed E-state index contributed by atoms with van der Waals surface area (Å²) in [6.07, 6.45) is 0. The minimum absolute atomic E-state index is 0.00930. The highest BCUT2D eigenvalue weighted by atomic mass is 16.5. The Morgan fingerprint density at radius 2 is 2.00 bits per heavy atom. The van der Waals surface area contributed by atoms with Crippen LogP contribution in [0.25, 0.3) is 0 Å². The quantitative estimate of drug-likeness (QED) is 0.786. The van der Waals surface area contributed by atoms with E-state index in [1.807, 2.05) is 26.0 Å². The number of ketones is 1. The highest BCUT2D eigenvalue weighted by Crippen LogP contribution is 2.32. The first kappa shape index (κ1) is 17.2. The van der Waals surface area contributed by atoms with Gasteiger partial charge in [0.2, 0.25) is 0 Å². The Hall–Kier alpha value is -2.66. The fourth-order valence-corrected chi connectivity index (χ4v) is 2.79. The van der Waals surface area contributed by atoms with E-state index in [-0.39, 0.29) is 24.9 Å². The number of carbonyl (C=O) groups excluding carboxylic acids is 2. The second-order valence-corrected chi connectivity index (χ2v) is 6.27. The number of fused-ring (bicyclic) bond motifs is 1. The highest BCUT2D eigenvalue weighted by molar-refractivity contribution is 6.02. The van der Waals surface area contributed by atoms with E-state index in [1.165, 1.54) is 10.5 Å². The maximum Gasteiger partial charge on any atom is 0.264 e. The third kappa shape index (κ3) is 3.72. The smallest absolute Gasteiger partial charge is 0.264 e. The van der Waals surface area contributed by atoms with Crippen molar-refractivity contribution in [1.29, 1.82) is 0 Å². The van der Waals surface area contributed by atoms with Gasteiger partial charge in [0.1, 0.15) is 12.4 Å². The van der Waals surface area contributed by atoms with Crippen LogP contribution in [0.15, 0.2) is 36.4 Å². The Morgan fingerprint density at radius 1 is 1.20 bits per heavy atom. The number of aryl methyl sites for hydroxylation is 2. The summed E-state index contributed by atoms with van der Waals surface area (Å²) in [6, 6.07) is 11.2. The van der Waals surface area contributed by atoms with Crippen LogP contribution in [0.1, 0.15) is 27.0 Å². The van der Waals surface area contributed by atoms with Gasteiger partial charge in [0.05, 0.1) is 12.3 Å². The minimum atomic E-state index is -0.136. The number of carbonyl (C=O) groups is 2. The molecule has 0 saturated carbocycles. The molecule has 1 heterocycles. The molecule has 0 radical (unpaired) electrons. The summed E-state index contributed by atoms with van der Waals surface area (Å²) in [5, 5.41) is 0. The monoisotopic (exact) mass is 339 g/mol. The molecule has 3 rings (SSSR count). The zero-order valence-electron chi connectivity index (χ0n) is 14.7. The van der Waals surface area contributed by atoms with Crippen LogP contribution in [0.5, 0.6) is 5.75 Å². The van der Waals surface area contributed by atoms with Gasteiger partial charge in [-0.3, -0.25) is 9.59 Å².